The van der Waals surface area contributed by atoms with Crippen molar-refractivity contribution in [3.63, 3.8) is 0 Å². The van der Waals surface area contributed by atoms with Crippen molar-refractivity contribution in [3.8, 4) is 5.00 Å². The number of imide groups is 1. The predicted octanol–water partition coefficient (Wildman–Crippen LogP) is 3.91. The number of thiophene rings is 1. The monoisotopic (exact) mass is 778 g/mol. The number of carbonyl (C=O) groups is 3. The van der Waals surface area contributed by atoms with Gasteiger partial charge in [0.1, 0.15) is 22.9 Å². The van der Waals surface area contributed by atoms with Crippen molar-refractivity contribution < 1.29 is 14.4 Å². The molecule has 3 fully saturated rings. The van der Waals surface area contributed by atoms with Crippen LogP contribution < -0.4 is 15.8 Å². The number of amides is 3. The summed E-state index contributed by atoms with van der Waals surface area (Å²) < 4.78 is 3.26. The van der Waals surface area contributed by atoms with Gasteiger partial charge in [-0.3, -0.25) is 39.0 Å². The number of halogens is 1. The Bertz CT molecular complexity index is 2480. The number of rotatable bonds is 6. The SMILES string of the molecule is Cc1sc2c(c1C)C(c1ccc(Cl)cc1)=N[C@@H](CC(=O)N1CC(N3CCN(c4ccc5c(=O)n(C6CCC(=O)NC6=O)ncc5c4)CC3)C1)c1nnc(C)n1-2. The third-order valence-electron chi connectivity index (χ3n) is 11.4. The quantitative estimate of drug-likeness (QED) is 0.253. The number of piperidine rings is 1. The van der Waals surface area contributed by atoms with E-state index in [9.17, 15) is 19.2 Å². The van der Waals surface area contributed by atoms with Crippen LogP contribution in [0.5, 0.6) is 0 Å². The van der Waals surface area contributed by atoms with Gasteiger partial charge in [-0.1, -0.05) is 23.7 Å². The number of aliphatic imine (C=N–C) groups is 1. The second-order valence-corrected chi connectivity index (χ2v) is 16.4. The highest BCUT2D eigenvalue weighted by atomic mass is 35.5. The summed E-state index contributed by atoms with van der Waals surface area (Å²) in [5.74, 6) is 0.650. The molecule has 5 aromatic rings. The number of anilines is 1. The summed E-state index contributed by atoms with van der Waals surface area (Å²) in [6.45, 7) is 10.8. The topological polar surface area (TPSA) is 151 Å². The molecule has 3 aromatic heterocycles. The van der Waals surface area contributed by atoms with Crippen LogP contribution in [0.15, 0.2) is 58.4 Å². The highest BCUT2D eigenvalue weighted by Gasteiger charge is 2.39. The molecule has 16 heteroatoms. The van der Waals surface area contributed by atoms with Gasteiger partial charge in [-0.05, 0) is 63.1 Å². The summed E-state index contributed by atoms with van der Waals surface area (Å²) >= 11 is 7.96. The molecule has 0 bridgehead atoms. The molecule has 7 heterocycles. The van der Waals surface area contributed by atoms with E-state index < -0.39 is 18.0 Å². The van der Waals surface area contributed by atoms with E-state index in [2.05, 4.69) is 48.8 Å². The maximum absolute atomic E-state index is 13.9. The largest absolute Gasteiger partial charge is 0.369 e. The first kappa shape index (κ1) is 35.5. The van der Waals surface area contributed by atoms with Crippen molar-refractivity contribution in [2.45, 2.75) is 58.2 Å². The van der Waals surface area contributed by atoms with Crippen LogP contribution in [0, 0.1) is 20.8 Å². The number of likely N-dealkylation sites (tertiary alicyclic amines) is 1. The first-order chi connectivity index (χ1) is 26.5. The third kappa shape index (κ3) is 6.23. The molecule has 4 aliphatic rings. The highest BCUT2D eigenvalue weighted by Crippen LogP contribution is 2.40. The van der Waals surface area contributed by atoms with Crippen molar-refractivity contribution in [3.05, 3.63) is 97.3 Å². The first-order valence-corrected chi connectivity index (χ1v) is 19.7. The van der Waals surface area contributed by atoms with Crippen molar-refractivity contribution >= 4 is 62.8 Å². The molecule has 1 N–H and O–H groups in total. The molecule has 1 unspecified atom stereocenters. The Morgan fingerprint density at radius 1 is 0.982 bits per heavy atom. The van der Waals surface area contributed by atoms with Crippen LogP contribution in [0.3, 0.4) is 0 Å². The zero-order chi connectivity index (χ0) is 38.1. The second-order valence-electron chi connectivity index (χ2n) is 14.7. The van der Waals surface area contributed by atoms with Gasteiger partial charge < -0.3 is 9.80 Å². The van der Waals surface area contributed by atoms with Gasteiger partial charge >= 0.3 is 0 Å². The minimum atomic E-state index is -0.798. The van der Waals surface area contributed by atoms with E-state index in [1.807, 2.05) is 48.2 Å². The molecular formula is C39H39ClN10O4S. The number of fused-ring (bicyclic) bond motifs is 4. The van der Waals surface area contributed by atoms with E-state index >= 15 is 0 Å². The fourth-order valence-corrected chi connectivity index (χ4v) is 9.49. The molecule has 2 atom stereocenters. The van der Waals surface area contributed by atoms with Crippen LogP contribution in [0.25, 0.3) is 15.8 Å². The Morgan fingerprint density at radius 3 is 2.49 bits per heavy atom. The number of benzene rings is 2. The zero-order valence-corrected chi connectivity index (χ0v) is 32.2. The number of aryl methyl sites for hydroxylation is 2. The Kier molecular flexibility index (Phi) is 8.89. The summed E-state index contributed by atoms with van der Waals surface area (Å²) in [5.41, 5.74) is 4.63. The zero-order valence-electron chi connectivity index (χ0n) is 30.7. The Morgan fingerprint density at radius 2 is 1.75 bits per heavy atom. The van der Waals surface area contributed by atoms with Crippen molar-refractivity contribution in [2.24, 2.45) is 4.99 Å². The number of hydrogen-bond acceptors (Lipinski definition) is 11. The lowest BCUT2D eigenvalue weighted by atomic mass is 9.99. The van der Waals surface area contributed by atoms with Gasteiger partial charge in [0.2, 0.25) is 11.8 Å². The summed E-state index contributed by atoms with van der Waals surface area (Å²) in [7, 11) is 0. The van der Waals surface area contributed by atoms with E-state index in [1.54, 1.807) is 23.6 Å². The molecule has 0 radical (unpaired) electrons. The summed E-state index contributed by atoms with van der Waals surface area (Å²) in [4.78, 5) is 64.2. The molecule has 3 saturated heterocycles. The summed E-state index contributed by atoms with van der Waals surface area (Å²) in [6.07, 6.45) is 2.23. The molecule has 14 nitrogen and oxygen atoms in total. The fraction of sp³-hybridized carbons (Fsp3) is 0.385. The second kappa shape index (κ2) is 13.8. The van der Waals surface area contributed by atoms with Gasteiger partial charge in [0, 0.05) is 83.8 Å². The molecule has 282 valence electrons. The molecule has 0 saturated carbocycles. The molecule has 0 aliphatic carbocycles. The van der Waals surface area contributed by atoms with Crippen LogP contribution in [0.1, 0.15) is 64.6 Å². The summed E-state index contributed by atoms with van der Waals surface area (Å²) in [5, 5.41) is 18.5. The summed E-state index contributed by atoms with van der Waals surface area (Å²) in [6, 6.07) is 12.4. The minimum absolute atomic E-state index is 0.0471. The number of nitrogens with zero attached hydrogens (tertiary/aromatic N) is 9. The van der Waals surface area contributed by atoms with Gasteiger partial charge in [-0.25, -0.2) is 4.68 Å². The van der Waals surface area contributed by atoms with Crippen molar-refractivity contribution in [2.75, 3.05) is 44.2 Å². The van der Waals surface area contributed by atoms with Crippen LogP contribution >= 0.6 is 22.9 Å². The standard InChI is InChI=1S/C39H39ClN10O4S/c1-21-22(2)55-39-34(21)35(24-4-6-26(40)7-5-24)42-30(36-45-44-23(3)49(36)39)17-33(52)48-19-28(20-48)47-14-12-46(13-15-47)27-8-9-29-25(16-27)18-41-50(38(29)54)31-10-11-32(51)43-37(31)53/h4-9,16,18,28,30-31H,10-15,17,19-20H2,1-3H3,(H,43,51,53)/t30-,31?/m0/s1. The molecule has 9 rings (SSSR count). The maximum Gasteiger partial charge on any atom is 0.275 e. The number of nitrogens with one attached hydrogen (secondary N) is 1. The molecule has 3 amide bonds. The van der Waals surface area contributed by atoms with Gasteiger partial charge in [-0.15, -0.1) is 21.5 Å². The molecule has 55 heavy (non-hydrogen) atoms. The van der Waals surface area contributed by atoms with Crippen molar-refractivity contribution in [1.29, 1.82) is 0 Å². The minimum Gasteiger partial charge on any atom is -0.369 e. The van der Waals surface area contributed by atoms with E-state index in [4.69, 9.17) is 16.6 Å². The predicted molar refractivity (Wildman–Crippen MR) is 209 cm³/mol. The number of piperazine rings is 1. The molecule has 0 spiro atoms. The Balaban J connectivity index is 0.856. The van der Waals surface area contributed by atoms with E-state index in [0.717, 1.165) is 65.1 Å². The van der Waals surface area contributed by atoms with E-state index in [0.29, 0.717) is 34.7 Å². The first-order valence-electron chi connectivity index (χ1n) is 18.5. The van der Waals surface area contributed by atoms with E-state index in [1.165, 1.54) is 9.56 Å². The van der Waals surface area contributed by atoms with Gasteiger partial charge in [0.15, 0.2) is 5.82 Å². The Hall–Kier alpha value is -5.25. The van der Waals surface area contributed by atoms with Gasteiger partial charge in [0.05, 0.1) is 23.7 Å². The third-order valence-corrected chi connectivity index (χ3v) is 12.9. The van der Waals surface area contributed by atoms with Crippen LogP contribution in [0.2, 0.25) is 5.02 Å². The number of carbonyl (C=O) groups excluding carboxylic acids is 3. The average molecular weight is 779 g/mol. The van der Waals surface area contributed by atoms with Crippen LogP contribution in [-0.2, 0) is 14.4 Å². The fourth-order valence-electron chi connectivity index (χ4n) is 8.15. The smallest absolute Gasteiger partial charge is 0.275 e. The van der Waals surface area contributed by atoms with Crippen LogP contribution in [-0.4, -0.2) is 103 Å². The molecule has 4 aliphatic heterocycles. The lowest BCUT2D eigenvalue weighted by molar-refractivity contribution is -0.139. The lowest BCUT2D eigenvalue weighted by Gasteiger charge is -2.48. The Labute approximate surface area is 325 Å². The number of aromatic nitrogens is 5. The van der Waals surface area contributed by atoms with Gasteiger partial charge in [0.25, 0.3) is 11.5 Å². The lowest BCUT2D eigenvalue weighted by Crippen LogP contribution is -2.64. The molecule has 2 aromatic carbocycles. The molecular weight excluding hydrogens is 740 g/mol. The average Bonchev–Trinajstić information content (AvgIpc) is 3.63. The van der Waals surface area contributed by atoms with E-state index in [-0.39, 0.29) is 42.7 Å². The normalized spacial score (nSPS) is 20.5. The van der Waals surface area contributed by atoms with Crippen molar-refractivity contribution in [1.82, 2.24) is 39.7 Å². The van der Waals surface area contributed by atoms with Gasteiger partial charge in [-0.2, -0.15) is 5.10 Å². The highest BCUT2D eigenvalue weighted by molar-refractivity contribution is 7.15. The maximum atomic E-state index is 13.9. The number of hydrogen-bond donors (Lipinski definition) is 1. The van der Waals surface area contributed by atoms with Crippen LogP contribution in [0.4, 0.5) is 5.69 Å².